The molecule has 0 aliphatic carbocycles. The molecule has 16 heavy (non-hydrogen) atoms. The van der Waals surface area contributed by atoms with Crippen LogP contribution in [0.5, 0.6) is 0 Å². The van der Waals surface area contributed by atoms with E-state index in [-0.39, 0.29) is 17.4 Å². The summed E-state index contributed by atoms with van der Waals surface area (Å²) in [5.74, 6) is 0.00863. The first-order valence-corrected chi connectivity index (χ1v) is 5.47. The molecule has 1 aromatic carbocycles. The molecule has 88 valence electrons. The molecule has 0 saturated carbocycles. The monoisotopic (exact) mass is 220 g/mol. The fourth-order valence-electron chi connectivity index (χ4n) is 1.22. The molecule has 0 saturated heterocycles. The smallest absolute Gasteiger partial charge is 0.229 e. The van der Waals surface area contributed by atoms with E-state index < -0.39 is 0 Å². The van der Waals surface area contributed by atoms with Crippen molar-refractivity contribution < 1.29 is 4.79 Å². The van der Waals surface area contributed by atoms with Crippen LogP contribution in [0.4, 0.5) is 5.69 Å². The number of anilines is 1. The van der Waals surface area contributed by atoms with Crippen LogP contribution in [0.25, 0.3) is 0 Å². The predicted molar refractivity (Wildman–Crippen MR) is 67.1 cm³/mol. The van der Waals surface area contributed by atoms with E-state index in [2.05, 4.69) is 5.32 Å². The lowest BCUT2D eigenvalue weighted by Crippen LogP contribution is -2.27. The van der Waals surface area contributed by atoms with Crippen molar-refractivity contribution in [3.05, 3.63) is 29.8 Å². The van der Waals surface area contributed by atoms with Gasteiger partial charge in [0.2, 0.25) is 5.91 Å². The molecule has 0 heterocycles. The molecule has 0 fully saturated rings. The molecule has 0 radical (unpaired) electrons. The van der Waals surface area contributed by atoms with Crippen LogP contribution < -0.4 is 11.1 Å². The second-order valence-corrected chi connectivity index (χ2v) is 5.12. The summed E-state index contributed by atoms with van der Waals surface area (Å²) in [6.07, 6.45) is 0. The largest absolute Gasteiger partial charge is 0.326 e. The van der Waals surface area contributed by atoms with Crippen molar-refractivity contribution >= 4 is 11.6 Å². The van der Waals surface area contributed by atoms with E-state index in [1.807, 2.05) is 52.0 Å². The van der Waals surface area contributed by atoms with Crippen LogP contribution >= 0.6 is 0 Å². The maximum Gasteiger partial charge on any atom is 0.229 e. The van der Waals surface area contributed by atoms with E-state index in [1.165, 1.54) is 0 Å². The Balaban J connectivity index is 2.83. The van der Waals surface area contributed by atoms with Crippen LogP contribution in [-0.4, -0.2) is 5.91 Å². The van der Waals surface area contributed by atoms with E-state index in [1.54, 1.807) is 0 Å². The van der Waals surface area contributed by atoms with Crippen LogP contribution in [0.2, 0.25) is 0 Å². The highest BCUT2D eigenvalue weighted by atomic mass is 16.2. The van der Waals surface area contributed by atoms with E-state index in [0.717, 1.165) is 11.3 Å². The van der Waals surface area contributed by atoms with E-state index in [0.29, 0.717) is 0 Å². The van der Waals surface area contributed by atoms with Gasteiger partial charge < -0.3 is 11.1 Å². The van der Waals surface area contributed by atoms with Crippen LogP contribution in [0.1, 0.15) is 39.3 Å². The van der Waals surface area contributed by atoms with Crippen molar-refractivity contribution in [3.63, 3.8) is 0 Å². The average molecular weight is 220 g/mol. The van der Waals surface area contributed by atoms with Crippen LogP contribution in [-0.2, 0) is 4.79 Å². The summed E-state index contributed by atoms with van der Waals surface area (Å²) >= 11 is 0. The Labute approximate surface area is 97.0 Å². The third-order valence-corrected chi connectivity index (χ3v) is 2.35. The van der Waals surface area contributed by atoms with E-state index >= 15 is 0 Å². The molecule has 1 atom stereocenters. The predicted octanol–water partition coefficient (Wildman–Crippen LogP) is 2.69. The number of rotatable bonds is 2. The number of nitrogens with one attached hydrogen (secondary N) is 1. The number of benzene rings is 1. The molecule has 3 nitrogen and oxygen atoms in total. The number of amides is 1. The molecule has 1 unspecified atom stereocenters. The third-order valence-electron chi connectivity index (χ3n) is 2.35. The van der Waals surface area contributed by atoms with Gasteiger partial charge in [-0.1, -0.05) is 32.9 Å². The normalized spacial score (nSPS) is 13.3. The Morgan fingerprint density at radius 2 is 2.00 bits per heavy atom. The average Bonchev–Trinajstić information content (AvgIpc) is 2.16. The topological polar surface area (TPSA) is 55.1 Å². The lowest BCUT2D eigenvalue weighted by atomic mass is 9.95. The summed E-state index contributed by atoms with van der Waals surface area (Å²) in [7, 11) is 0. The molecule has 1 rings (SSSR count). The van der Waals surface area contributed by atoms with Gasteiger partial charge in [-0.3, -0.25) is 4.79 Å². The Morgan fingerprint density at radius 3 is 2.50 bits per heavy atom. The van der Waals surface area contributed by atoms with E-state index in [4.69, 9.17) is 5.73 Å². The molecular weight excluding hydrogens is 200 g/mol. The van der Waals surface area contributed by atoms with Crippen LogP contribution in [0.15, 0.2) is 24.3 Å². The fraction of sp³-hybridized carbons (Fsp3) is 0.462. The lowest BCUT2D eigenvalue weighted by Gasteiger charge is -2.18. The zero-order valence-electron chi connectivity index (χ0n) is 10.4. The zero-order valence-corrected chi connectivity index (χ0v) is 10.4. The standard InChI is InChI=1S/C13H20N2O/c1-9(14)10-6-5-7-11(8-10)15-12(16)13(2,3)4/h5-9H,14H2,1-4H3,(H,15,16). The summed E-state index contributed by atoms with van der Waals surface area (Å²) in [5.41, 5.74) is 7.22. The van der Waals surface area contributed by atoms with Gasteiger partial charge in [0.05, 0.1) is 0 Å². The Morgan fingerprint density at radius 1 is 1.38 bits per heavy atom. The van der Waals surface area contributed by atoms with Gasteiger partial charge in [0.25, 0.3) is 0 Å². The first-order valence-electron chi connectivity index (χ1n) is 5.47. The number of carbonyl (C=O) groups is 1. The minimum atomic E-state index is -0.385. The van der Waals surface area contributed by atoms with Gasteiger partial charge in [-0.05, 0) is 24.6 Å². The summed E-state index contributed by atoms with van der Waals surface area (Å²) < 4.78 is 0. The zero-order chi connectivity index (χ0) is 12.3. The molecule has 3 N–H and O–H groups in total. The number of carbonyl (C=O) groups excluding carboxylic acids is 1. The summed E-state index contributed by atoms with van der Waals surface area (Å²) in [6.45, 7) is 7.58. The van der Waals surface area contributed by atoms with Gasteiger partial charge in [0.15, 0.2) is 0 Å². The van der Waals surface area contributed by atoms with Gasteiger partial charge >= 0.3 is 0 Å². The SMILES string of the molecule is CC(N)c1cccc(NC(=O)C(C)(C)C)c1. The maximum absolute atomic E-state index is 11.8. The second kappa shape index (κ2) is 4.66. The summed E-state index contributed by atoms with van der Waals surface area (Å²) in [5, 5.41) is 2.88. The summed E-state index contributed by atoms with van der Waals surface area (Å²) in [4.78, 5) is 11.8. The number of hydrogen-bond donors (Lipinski definition) is 2. The van der Waals surface area contributed by atoms with Crippen molar-refractivity contribution in [3.8, 4) is 0 Å². The molecule has 0 bridgehead atoms. The highest BCUT2D eigenvalue weighted by Gasteiger charge is 2.21. The maximum atomic E-state index is 11.8. The Bertz CT molecular complexity index is 378. The molecule has 0 aliphatic rings. The van der Waals surface area contributed by atoms with Crippen molar-refractivity contribution in [1.29, 1.82) is 0 Å². The van der Waals surface area contributed by atoms with Gasteiger partial charge in [-0.25, -0.2) is 0 Å². The molecule has 1 aromatic rings. The fourth-order valence-corrected chi connectivity index (χ4v) is 1.22. The first-order chi connectivity index (χ1) is 7.30. The minimum Gasteiger partial charge on any atom is -0.326 e. The van der Waals surface area contributed by atoms with Gasteiger partial charge in [-0.15, -0.1) is 0 Å². The van der Waals surface area contributed by atoms with Crippen molar-refractivity contribution in [1.82, 2.24) is 0 Å². The Kier molecular flexibility index (Phi) is 3.70. The second-order valence-electron chi connectivity index (χ2n) is 5.12. The van der Waals surface area contributed by atoms with Crippen molar-refractivity contribution in [2.45, 2.75) is 33.7 Å². The molecule has 0 aromatic heterocycles. The summed E-state index contributed by atoms with van der Waals surface area (Å²) in [6, 6.07) is 7.62. The molecular formula is C13H20N2O. The van der Waals surface area contributed by atoms with Gasteiger partial charge in [0, 0.05) is 17.1 Å². The van der Waals surface area contributed by atoms with E-state index in [9.17, 15) is 4.79 Å². The van der Waals surface area contributed by atoms with Crippen LogP contribution in [0, 0.1) is 5.41 Å². The van der Waals surface area contributed by atoms with Gasteiger partial charge in [-0.2, -0.15) is 0 Å². The van der Waals surface area contributed by atoms with Crippen molar-refractivity contribution in [2.75, 3.05) is 5.32 Å². The highest BCUT2D eigenvalue weighted by Crippen LogP contribution is 2.19. The molecule has 0 aliphatic heterocycles. The molecule has 0 spiro atoms. The van der Waals surface area contributed by atoms with Gasteiger partial charge in [0.1, 0.15) is 0 Å². The number of nitrogens with two attached hydrogens (primary N) is 1. The lowest BCUT2D eigenvalue weighted by molar-refractivity contribution is -0.123. The molecule has 3 heteroatoms. The highest BCUT2D eigenvalue weighted by molar-refractivity contribution is 5.94. The third kappa shape index (κ3) is 3.35. The quantitative estimate of drug-likeness (QED) is 0.805. The van der Waals surface area contributed by atoms with Crippen LogP contribution in [0.3, 0.4) is 0 Å². The number of hydrogen-bond acceptors (Lipinski definition) is 2. The first kappa shape index (κ1) is 12.7. The minimum absolute atomic E-state index is 0.00863. The molecule has 1 amide bonds. The van der Waals surface area contributed by atoms with Crippen molar-refractivity contribution in [2.24, 2.45) is 11.1 Å². The Hall–Kier alpha value is -1.35.